The van der Waals surface area contributed by atoms with Crippen LogP contribution in [0.15, 0.2) is 46.9 Å². The van der Waals surface area contributed by atoms with Crippen LogP contribution in [0.2, 0.25) is 0 Å². The first-order valence-corrected chi connectivity index (χ1v) is 6.31. The molecule has 1 heterocycles. The number of fused-ring (bicyclic) bond motifs is 1. The molecule has 2 aromatic carbocycles. The Morgan fingerprint density at radius 3 is 2.05 bits per heavy atom. The highest BCUT2D eigenvalue weighted by Crippen LogP contribution is 2.30. The van der Waals surface area contributed by atoms with Gasteiger partial charge in [0.1, 0.15) is 5.82 Å². The first kappa shape index (κ1) is 12.0. The molecule has 5 heteroatoms. The van der Waals surface area contributed by atoms with Crippen LogP contribution in [0.25, 0.3) is 0 Å². The van der Waals surface area contributed by atoms with Crippen molar-refractivity contribution >= 4 is 33.4 Å². The summed E-state index contributed by atoms with van der Waals surface area (Å²) in [6, 6.07) is 10.5. The Balaban J connectivity index is 2.14. The number of hydrogen-bond acceptors (Lipinski definition) is 2. The molecule has 3 nitrogen and oxygen atoms in total. The maximum Gasteiger partial charge on any atom is 0.266 e. The van der Waals surface area contributed by atoms with Crippen LogP contribution in [0.4, 0.5) is 10.1 Å². The SMILES string of the molecule is O=C1c2ccccc2C(=O)N1c1cc(F)cc(Br)c1. The van der Waals surface area contributed by atoms with Gasteiger partial charge in [-0.25, -0.2) is 9.29 Å². The zero-order chi connectivity index (χ0) is 13.6. The smallest absolute Gasteiger partial charge is 0.266 e. The van der Waals surface area contributed by atoms with Crippen molar-refractivity contribution < 1.29 is 14.0 Å². The van der Waals surface area contributed by atoms with Gasteiger partial charge >= 0.3 is 0 Å². The number of carbonyl (C=O) groups excluding carboxylic acids is 2. The summed E-state index contributed by atoms with van der Waals surface area (Å²) in [5.41, 5.74) is 0.902. The lowest BCUT2D eigenvalue weighted by atomic mass is 10.1. The van der Waals surface area contributed by atoms with Crippen LogP contribution in [0.1, 0.15) is 20.7 Å². The van der Waals surface area contributed by atoms with E-state index < -0.39 is 17.6 Å². The number of carbonyl (C=O) groups is 2. The second-order valence-electron chi connectivity index (χ2n) is 4.12. The number of imide groups is 1. The number of rotatable bonds is 1. The van der Waals surface area contributed by atoms with Gasteiger partial charge in [-0.2, -0.15) is 0 Å². The fraction of sp³-hybridized carbons (Fsp3) is 0. The van der Waals surface area contributed by atoms with Crippen LogP contribution in [0.5, 0.6) is 0 Å². The van der Waals surface area contributed by atoms with Gasteiger partial charge in [-0.3, -0.25) is 9.59 Å². The van der Waals surface area contributed by atoms with Crippen LogP contribution in [0, 0.1) is 5.82 Å². The maximum absolute atomic E-state index is 13.4. The molecule has 19 heavy (non-hydrogen) atoms. The topological polar surface area (TPSA) is 37.4 Å². The Morgan fingerprint density at radius 2 is 1.53 bits per heavy atom. The predicted octanol–water partition coefficient (Wildman–Crippen LogP) is 3.39. The number of benzene rings is 2. The lowest BCUT2D eigenvalue weighted by Crippen LogP contribution is -2.29. The summed E-state index contributed by atoms with van der Waals surface area (Å²) in [5, 5.41) is 0. The first-order chi connectivity index (χ1) is 9.08. The van der Waals surface area contributed by atoms with Gasteiger partial charge < -0.3 is 0 Å². The minimum atomic E-state index is -0.513. The molecule has 0 N–H and O–H groups in total. The number of anilines is 1. The van der Waals surface area contributed by atoms with Gasteiger partial charge in [0, 0.05) is 4.47 Å². The summed E-state index contributed by atoms with van der Waals surface area (Å²) >= 11 is 3.15. The highest BCUT2D eigenvalue weighted by Gasteiger charge is 2.36. The highest BCUT2D eigenvalue weighted by atomic mass is 79.9. The molecule has 0 saturated heterocycles. The minimum Gasteiger partial charge on any atom is -0.268 e. The number of nitrogens with zero attached hydrogens (tertiary/aromatic N) is 1. The molecule has 0 fully saturated rings. The van der Waals surface area contributed by atoms with Gasteiger partial charge in [-0.05, 0) is 30.3 Å². The molecule has 0 spiro atoms. The van der Waals surface area contributed by atoms with Gasteiger partial charge in [0.2, 0.25) is 0 Å². The van der Waals surface area contributed by atoms with Crippen LogP contribution >= 0.6 is 15.9 Å². The number of amides is 2. The molecule has 0 aliphatic carbocycles. The van der Waals surface area contributed by atoms with Gasteiger partial charge in [0.15, 0.2) is 0 Å². The van der Waals surface area contributed by atoms with Gasteiger partial charge in [-0.15, -0.1) is 0 Å². The Kier molecular flexibility index (Phi) is 2.71. The molecule has 0 radical (unpaired) electrons. The fourth-order valence-corrected chi connectivity index (χ4v) is 2.55. The molecule has 0 unspecified atom stereocenters. The van der Waals surface area contributed by atoms with E-state index in [1.807, 2.05) is 0 Å². The third kappa shape index (κ3) is 1.86. The third-order valence-corrected chi connectivity index (χ3v) is 3.36. The van der Waals surface area contributed by atoms with Crippen molar-refractivity contribution in [2.75, 3.05) is 4.90 Å². The number of hydrogen-bond donors (Lipinski definition) is 0. The van der Waals surface area contributed by atoms with Crippen molar-refractivity contribution in [3.8, 4) is 0 Å². The maximum atomic E-state index is 13.4. The lowest BCUT2D eigenvalue weighted by molar-refractivity contribution is 0.0926. The molecule has 1 aliphatic heterocycles. The third-order valence-electron chi connectivity index (χ3n) is 2.90. The molecule has 0 bridgehead atoms. The van der Waals surface area contributed by atoms with Crippen molar-refractivity contribution in [2.24, 2.45) is 0 Å². The molecular weight excluding hydrogens is 313 g/mol. The lowest BCUT2D eigenvalue weighted by Gasteiger charge is -2.14. The summed E-state index contributed by atoms with van der Waals surface area (Å²) in [7, 11) is 0. The summed E-state index contributed by atoms with van der Waals surface area (Å²) in [6.07, 6.45) is 0. The van der Waals surface area contributed by atoms with Crippen molar-refractivity contribution in [3.63, 3.8) is 0 Å². The van der Waals surface area contributed by atoms with E-state index >= 15 is 0 Å². The molecule has 94 valence electrons. The largest absolute Gasteiger partial charge is 0.268 e. The van der Waals surface area contributed by atoms with E-state index in [-0.39, 0.29) is 5.69 Å². The molecule has 3 rings (SSSR count). The van der Waals surface area contributed by atoms with E-state index in [0.717, 1.165) is 11.0 Å². The van der Waals surface area contributed by atoms with E-state index in [1.54, 1.807) is 24.3 Å². The average Bonchev–Trinajstić information content (AvgIpc) is 2.61. The highest BCUT2D eigenvalue weighted by molar-refractivity contribution is 9.10. The Hall–Kier alpha value is -2.01. The van der Waals surface area contributed by atoms with E-state index in [4.69, 9.17) is 0 Å². The zero-order valence-corrected chi connectivity index (χ0v) is 11.1. The van der Waals surface area contributed by atoms with E-state index in [0.29, 0.717) is 15.6 Å². The predicted molar refractivity (Wildman–Crippen MR) is 71.7 cm³/mol. The van der Waals surface area contributed by atoms with E-state index in [9.17, 15) is 14.0 Å². The zero-order valence-electron chi connectivity index (χ0n) is 9.56. The first-order valence-electron chi connectivity index (χ1n) is 5.52. The van der Waals surface area contributed by atoms with E-state index in [2.05, 4.69) is 15.9 Å². The second-order valence-corrected chi connectivity index (χ2v) is 5.03. The van der Waals surface area contributed by atoms with Crippen LogP contribution < -0.4 is 4.90 Å². The summed E-state index contributed by atoms with van der Waals surface area (Å²) < 4.78 is 13.9. The minimum absolute atomic E-state index is 0.220. The van der Waals surface area contributed by atoms with Crippen LogP contribution in [-0.2, 0) is 0 Å². The normalized spacial score (nSPS) is 13.9. The van der Waals surface area contributed by atoms with Crippen LogP contribution in [0.3, 0.4) is 0 Å². The standard InChI is InChI=1S/C14H7BrFNO2/c15-8-5-9(16)7-10(6-8)17-13(18)11-3-1-2-4-12(11)14(17)19/h1-7H. The monoisotopic (exact) mass is 319 g/mol. The summed E-state index contributed by atoms with van der Waals surface area (Å²) in [6.45, 7) is 0. The molecule has 1 aliphatic rings. The van der Waals surface area contributed by atoms with Gasteiger partial charge in [0.05, 0.1) is 16.8 Å². The Morgan fingerprint density at radius 1 is 0.947 bits per heavy atom. The quantitative estimate of drug-likeness (QED) is 0.755. The van der Waals surface area contributed by atoms with Crippen molar-refractivity contribution in [1.82, 2.24) is 0 Å². The molecule has 0 saturated carbocycles. The fourth-order valence-electron chi connectivity index (χ4n) is 2.09. The average molecular weight is 320 g/mol. The molecule has 0 atom stereocenters. The number of halogens is 2. The summed E-state index contributed by atoms with van der Waals surface area (Å²) in [4.78, 5) is 25.4. The molecule has 2 aromatic rings. The molecule has 2 amide bonds. The molecule has 0 aromatic heterocycles. The van der Waals surface area contributed by atoms with Crippen molar-refractivity contribution in [3.05, 3.63) is 63.9 Å². The second kappa shape index (κ2) is 4.28. The van der Waals surface area contributed by atoms with Gasteiger partial charge in [0.25, 0.3) is 11.8 Å². The van der Waals surface area contributed by atoms with E-state index in [1.165, 1.54) is 12.1 Å². The Bertz CT molecular complexity index is 659. The van der Waals surface area contributed by atoms with Gasteiger partial charge in [-0.1, -0.05) is 28.1 Å². The summed E-state index contributed by atoms with van der Waals surface area (Å²) in [5.74, 6) is -1.38. The van der Waals surface area contributed by atoms with Crippen molar-refractivity contribution in [1.29, 1.82) is 0 Å². The Labute approximate surface area is 116 Å². The van der Waals surface area contributed by atoms with Crippen LogP contribution in [-0.4, -0.2) is 11.8 Å². The molecular formula is C14H7BrFNO2. The van der Waals surface area contributed by atoms with Crippen molar-refractivity contribution in [2.45, 2.75) is 0 Å².